The molecule has 0 radical (unpaired) electrons. The quantitative estimate of drug-likeness (QED) is 0.820. The van der Waals surface area contributed by atoms with E-state index in [2.05, 4.69) is 9.97 Å². The lowest BCUT2D eigenvalue weighted by Gasteiger charge is -2.03. The Morgan fingerprint density at radius 1 is 1.27 bits per heavy atom. The average Bonchev–Trinajstić information content (AvgIpc) is 2.66. The van der Waals surface area contributed by atoms with Crippen molar-refractivity contribution in [3.63, 3.8) is 0 Å². The second-order valence-corrected chi connectivity index (χ2v) is 3.71. The predicted octanol–water partition coefficient (Wildman–Crippen LogP) is 3.20. The highest BCUT2D eigenvalue weighted by atomic mass is 35.5. The summed E-state index contributed by atoms with van der Waals surface area (Å²) in [7, 11) is 0. The van der Waals surface area contributed by atoms with E-state index in [4.69, 9.17) is 23.2 Å². The number of rotatable bonds is 2. The normalized spacial score (nSPS) is 10.3. The van der Waals surface area contributed by atoms with Gasteiger partial charge in [0.15, 0.2) is 12.1 Å². The lowest BCUT2D eigenvalue weighted by Crippen LogP contribution is -1.84. The van der Waals surface area contributed by atoms with Crippen molar-refractivity contribution in [2.75, 3.05) is 0 Å². The molecule has 0 aliphatic carbocycles. The zero-order chi connectivity index (χ0) is 10.8. The van der Waals surface area contributed by atoms with E-state index in [0.29, 0.717) is 27.6 Å². The largest absolute Gasteiger partial charge is 0.336 e. The maximum Gasteiger partial charge on any atom is 0.185 e. The van der Waals surface area contributed by atoms with Crippen LogP contribution in [0.5, 0.6) is 0 Å². The van der Waals surface area contributed by atoms with E-state index in [1.807, 2.05) is 0 Å². The summed E-state index contributed by atoms with van der Waals surface area (Å²) in [5, 5.41) is 1.03. The lowest BCUT2D eigenvalue weighted by atomic mass is 10.2. The van der Waals surface area contributed by atoms with Crippen LogP contribution in [0.1, 0.15) is 10.6 Å². The van der Waals surface area contributed by atoms with Gasteiger partial charge in [-0.05, 0) is 12.1 Å². The van der Waals surface area contributed by atoms with Crippen molar-refractivity contribution in [2.45, 2.75) is 0 Å². The van der Waals surface area contributed by atoms with E-state index in [-0.39, 0.29) is 5.82 Å². The van der Waals surface area contributed by atoms with Crippen LogP contribution < -0.4 is 0 Å². The maximum absolute atomic E-state index is 10.5. The molecule has 1 heterocycles. The molecule has 1 aromatic carbocycles. The van der Waals surface area contributed by atoms with Gasteiger partial charge in [-0.1, -0.05) is 29.3 Å². The van der Waals surface area contributed by atoms with Gasteiger partial charge in [-0.2, -0.15) is 0 Å². The van der Waals surface area contributed by atoms with Crippen LogP contribution in [0.2, 0.25) is 10.0 Å². The van der Waals surface area contributed by atoms with E-state index in [9.17, 15) is 4.79 Å². The number of carbonyl (C=O) groups excluding carboxylic acids is 1. The number of benzene rings is 1. The summed E-state index contributed by atoms with van der Waals surface area (Å²) in [4.78, 5) is 17.1. The van der Waals surface area contributed by atoms with E-state index in [0.717, 1.165) is 0 Å². The van der Waals surface area contributed by atoms with Gasteiger partial charge in [-0.25, -0.2) is 4.98 Å². The van der Waals surface area contributed by atoms with Crippen molar-refractivity contribution in [3.8, 4) is 11.3 Å². The number of aromatic amines is 1. The number of imidazole rings is 1. The first-order chi connectivity index (χ1) is 7.22. The first-order valence-corrected chi connectivity index (χ1v) is 4.92. The lowest BCUT2D eigenvalue weighted by molar-refractivity contribution is 0.111. The Balaban J connectivity index is 2.58. The molecule has 0 fully saturated rings. The summed E-state index contributed by atoms with van der Waals surface area (Å²) >= 11 is 12.0. The highest BCUT2D eigenvalue weighted by molar-refractivity contribution is 6.39. The third-order valence-corrected chi connectivity index (χ3v) is 2.57. The third kappa shape index (κ3) is 1.89. The number of hydrogen-bond donors (Lipinski definition) is 1. The van der Waals surface area contributed by atoms with Gasteiger partial charge in [-0.15, -0.1) is 0 Å². The molecule has 0 aliphatic heterocycles. The summed E-state index contributed by atoms with van der Waals surface area (Å²) in [6.45, 7) is 0. The molecule has 5 heteroatoms. The Hall–Kier alpha value is -1.32. The first kappa shape index (κ1) is 10.2. The van der Waals surface area contributed by atoms with E-state index >= 15 is 0 Å². The summed E-state index contributed by atoms with van der Waals surface area (Å²) in [5.41, 5.74) is 1.29. The third-order valence-electron chi connectivity index (χ3n) is 1.94. The molecule has 76 valence electrons. The predicted molar refractivity (Wildman–Crippen MR) is 59.4 cm³/mol. The molecule has 3 nitrogen and oxygen atoms in total. The molecule has 0 bridgehead atoms. The fourth-order valence-electron chi connectivity index (χ4n) is 1.28. The number of halogens is 2. The number of carbonyl (C=O) groups is 1. The average molecular weight is 241 g/mol. The van der Waals surface area contributed by atoms with Crippen LogP contribution in [0.4, 0.5) is 0 Å². The van der Waals surface area contributed by atoms with Crippen LogP contribution in [0.3, 0.4) is 0 Å². The molecule has 0 spiro atoms. The number of hydrogen-bond acceptors (Lipinski definition) is 2. The summed E-state index contributed by atoms with van der Waals surface area (Å²) < 4.78 is 0. The van der Waals surface area contributed by atoms with Gasteiger partial charge in [0.2, 0.25) is 0 Å². The highest BCUT2D eigenvalue weighted by Crippen LogP contribution is 2.33. The van der Waals surface area contributed by atoms with Crippen LogP contribution in [0.15, 0.2) is 24.4 Å². The molecule has 0 saturated carbocycles. The van der Waals surface area contributed by atoms with E-state index < -0.39 is 0 Å². The number of aromatic nitrogens is 2. The number of H-pyrrole nitrogens is 1. The van der Waals surface area contributed by atoms with Gasteiger partial charge in [0.25, 0.3) is 0 Å². The summed E-state index contributed by atoms with van der Waals surface area (Å²) in [6.07, 6.45) is 2.16. The number of nitrogens with zero attached hydrogens (tertiary/aromatic N) is 1. The second kappa shape index (κ2) is 4.04. The Kier molecular flexibility index (Phi) is 2.75. The molecule has 1 N–H and O–H groups in total. The molecule has 2 rings (SSSR count). The molecule has 2 aromatic rings. The van der Waals surface area contributed by atoms with E-state index in [1.54, 1.807) is 18.2 Å². The number of nitrogens with one attached hydrogen (secondary N) is 1. The molecule has 0 atom stereocenters. The summed E-state index contributed by atoms with van der Waals surface area (Å²) in [6, 6.07) is 5.21. The second-order valence-electron chi connectivity index (χ2n) is 2.90. The van der Waals surface area contributed by atoms with Gasteiger partial charge in [-0.3, -0.25) is 4.79 Å². The molecule has 0 unspecified atom stereocenters. The summed E-state index contributed by atoms with van der Waals surface area (Å²) in [5.74, 6) is 0.251. The molecule has 0 saturated heterocycles. The molecule has 15 heavy (non-hydrogen) atoms. The Bertz CT molecular complexity index is 488. The zero-order valence-corrected chi connectivity index (χ0v) is 9.01. The van der Waals surface area contributed by atoms with Crippen LogP contribution in [0, 0.1) is 0 Å². The van der Waals surface area contributed by atoms with Gasteiger partial charge < -0.3 is 4.98 Å². The molecular formula is C10H6Cl2N2O. The SMILES string of the molecule is O=Cc1ncc(-c2c(Cl)cccc2Cl)[nH]1. The fourth-order valence-corrected chi connectivity index (χ4v) is 1.88. The minimum absolute atomic E-state index is 0.251. The maximum atomic E-state index is 10.5. The molecule has 0 aliphatic rings. The number of aldehydes is 1. The van der Waals surface area contributed by atoms with Crippen LogP contribution in [-0.2, 0) is 0 Å². The standard InChI is InChI=1S/C10H6Cl2N2O/c11-6-2-1-3-7(12)10(6)8-4-13-9(5-15)14-8/h1-5H,(H,13,14). The zero-order valence-electron chi connectivity index (χ0n) is 7.50. The molecule has 1 aromatic heterocycles. The highest BCUT2D eigenvalue weighted by Gasteiger charge is 2.10. The van der Waals surface area contributed by atoms with Crippen molar-refractivity contribution < 1.29 is 4.79 Å². The van der Waals surface area contributed by atoms with Crippen molar-refractivity contribution in [1.29, 1.82) is 0 Å². The Labute approximate surface area is 96.1 Å². The van der Waals surface area contributed by atoms with E-state index in [1.165, 1.54) is 6.20 Å². The minimum Gasteiger partial charge on any atom is -0.336 e. The molecule has 0 amide bonds. The van der Waals surface area contributed by atoms with Crippen LogP contribution in [0.25, 0.3) is 11.3 Å². The first-order valence-electron chi connectivity index (χ1n) is 4.17. The van der Waals surface area contributed by atoms with Gasteiger partial charge >= 0.3 is 0 Å². The van der Waals surface area contributed by atoms with Gasteiger partial charge in [0.1, 0.15) is 0 Å². The van der Waals surface area contributed by atoms with Crippen molar-refractivity contribution in [2.24, 2.45) is 0 Å². The monoisotopic (exact) mass is 240 g/mol. The Morgan fingerprint density at radius 3 is 2.47 bits per heavy atom. The van der Waals surface area contributed by atoms with Crippen LogP contribution in [-0.4, -0.2) is 16.3 Å². The minimum atomic E-state index is 0.251. The van der Waals surface area contributed by atoms with Crippen molar-refractivity contribution in [1.82, 2.24) is 9.97 Å². The van der Waals surface area contributed by atoms with Crippen LogP contribution >= 0.6 is 23.2 Å². The molecular weight excluding hydrogens is 235 g/mol. The van der Waals surface area contributed by atoms with Crippen molar-refractivity contribution >= 4 is 29.5 Å². The smallest absolute Gasteiger partial charge is 0.185 e. The fraction of sp³-hybridized carbons (Fsp3) is 0. The van der Waals surface area contributed by atoms with Crippen molar-refractivity contribution in [3.05, 3.63) is 40.3 Å². The van der Waals surface area contributed by atoms with Gasteiger partial charge in [0, 0.05) is 5.56 Å². The van der Waals surface area contributed by atoms with Gasteiger partial charge in [0.05, 0.1) is 21.9 Å². The topological polar surface area (TPSA) is 45.8 Å². The Morgan fingerprint density at radius 2 is 1.93 bits per heavy atom.